The highest BCUT2D eigenvalue weighted by Crippen LogP contribution is 2.17. The molecule has 5 nitrogen and oxygen atoms in total. The molecule has 2 heterocycles. The van der Waals surface area contributed by atoms with E-state index in [0.717, 1.165) is 49.6 Å². The molecule has 0 radical (unpaired) electrons. The second-order valence-corrected chi connectivity index (χ2v) is 7.09. The third-order valence-corrected chi connectivity index (χ3v) is 5.25. The first-order valence-electron chi connectivity index (χ1n) is 8.79. The third kappa shape index (κ3) is 3.32. The number of carbonyl (C=O) groups excluding carboxylic acids is 1. The largest absolute Gasteiger partial charge is 0.336 e. The standard InChI is InChI=1S/C20H21ClN4O/c1-23-18-5-3-2-4-17(18)22-19(23)14-24-10-12-25(13-11-24)20(26)15-6-8-16(21)9-7-15/h2-9H,10-14H2,1H3. The molecule has 1 aliphatic rings. The number of piperazine rings is 1. The SMILES string of the molecule is Cn1c(CN2CCN(C(=O)c3ccc(Cl)cc3)CC2)nc2ccccc21. The van der Waals surface area contributed by atoms with E-state index in [2.05, 4.69) is 22.6 Å². The van der Waals surface area contributed by atoms with Gasteiger partial charge in [0.1, 0.15) is 5.82 Å². The van der Waals surface area contributed by atoms with Gasteiger partial charge in [-0.3, -0.25) is 9.69 Å². The summed E-state index contributed by atoms with van der Waals surface area (Å²) in [5.41, 5.74) is 2.87. The van der Waals surface area contributed by atoms with Gasteiger partial charge >= 0.3 is 0 Å². The number of carbonyl (C=O) groups is 1. The summed E-state index contributed by atoms with van der Waals surface area (Å²) in [7, 11) is 2.06. The molecule has 0 bridgehead atoms. The van der Waals surface area contributed by atoms with Crippen LogP contribution in [0.5, 0.6) is 0 Å². The summed E-state index contributed by atoms with van der Waals surface area (Å²) in [5.74, 6) is 1.13. The lowest BCUT2D eigenvalue weighted by atomic mass is 10.2. The highest BCUT2D eigenvalue weighted by Gasteiger charge is 2.23. The molecule has 1 saturated heterocycles. The molecule has 6 heteroatoms. The molecule has 26 heavy (non-hydrogen) atoms. The molecule has 1 aromatic heterocycles. The fourth-order valence-electron chi connectivity index (χ4n) is 3.42. The first-order valence-corrected chi connectivity index (χ1v) is 9.17. The van der Waals surface area contributed by atoms with Gasteiger partial charge < -0.3 is 9.47 Å². The fourth-order valence-corrected chi connectivity index (χ4v) is 3.55. The van der Waals surface area contributed by atoms with E-state index in [1.807, 2.05) is 23.1 Å². The lowest BCUT2D eigenvalue weighted by Crippen LogP contribution is -2.48. The van der Waals surface area contributed by atoms with E-state index in [1.54, 1.807) is 24.3 Å². The van der Waals surface area contributed by atoms with Crippen molar-refractivity contribution in [3.05, 3.63) is 64.9 Å². The summed E-state index contributed by atoms with van der Waals surface area (Å²) in [5, 5.41) is 0.647. The maximum Gasteiger partial charge on any atom is 0.253 e. The van der Waals surface area contributed by atoms with Gasteiger partial charge in [0, 0.05) is 43.8 Å². The summed E-state index contributed by atoms with van der Waals surface area (Å²) < 4.78 is 2.15. The second-order valence-electron chi connectivity index (χ2n) is 6.65. The van der Waals surface area contributed by atoms with Gasteiger partial charge in [-0.2, -0.15) is 0 Å². The molecule has 0 spiro atoms. The van der Waals surface area contributed by atoms with Crippen LogP contribution in [0.4, 0.5) is 0 Å². The number of nitrogens with zero attached hydrogens (tertiary/aromatic N) is 4. The minimum absolute atomic E-state index is 0.0732. The van der Waals surface area contributed by atoms with Crippen LogP contribution in [0, 0.1) is 0 Å². The van der Waals surface area contributed by atoms with E-state index >= 15 is 0 Å². The molecule has 0 atom stereocenters. The predicted octanol–water partition coefficient (Wildman–Crippen LogP) is 3.18. The van der Waals surface area contributed by atoms with Crippen LogP contribution in [0.1, 0.15) is 16.2 Å². The van der Waals surface area contributed by atoms with Crippen LogP contribution in [-0.4, -0.2) is 51.4 Å². The monoisotopic (exact) mass is 368 g/mol. The molecule has 0 aliphatic carbocycles. The maximum atomic E-state index is 12.6. The number of rotatable bonds is 3. The number of halogens is 1. The average Bonchev–Trinajstić information content (AvgIpc) is 2.98. The molecule has 1 aliphatic heterocycles. The Bertz CT molecular complexity index is 927. The van der Waals surface area contributed by atoms with Crippen LogP contribution in [0.15, 0.2) is 48.5 Å². The van der Waals surface area contributed by atoms with E-state index in [9.17, 15) is 4.79 Å². The molecule has 0 N–H and O–H groups in total. The number of imidazole rings is 1. The van der Waals surface area contributed by atoms with Gasteiger partial charge in [0.05, 0.1) is 17.6 Å². The second kappa shape index (κ2) is 7.09. The molecule has 134 valence electrons. The Hall–Kier alpha value is -2.37. The Morgan fingerprint density at radius 2 is 1.73 bits per heavy atom. The number of aryl methyl sites for hydroxylation is 1. The van der Waals surface area contributed by atoms with Crippen LogP contribution < -0.4 is 0 Å². The van der Waals surface area contributed by atoms with Crippen molar-refractivity contribution in [2.75, 3.05) is 26.2 Å². The van der Waals surface area contributed by atoms with E-state index in [-0.39, 0.29) is 5.91 Å². The van der Waals surface area contributed by atoms with Gasteiger partial charge in [-0.15, -0.1) is 0 Å². The Balaban J connectivity index is 1.39. The van der Waals surface area contributed by atoms with Crippen LogP contribution >= 0.6 is 11.6 Å². The molecular formula is C20H21ClN4O. The molecular weight excluding hydrogens is 348 g/mol. The van der Waals surface area contributed by atoms with Gasteiger partial charge in [0.25, 0.3) is 5.91 Å². The minimum atomic E-state index is 0.0732. The molecule has 4 rings (SSSR count). The number of hydrogen-bond acceptors (Lipinski definition) is 3. The molecule has 1 fully saturated rings. The first-order chi connectivity index (χ1) is 12.6. The topological polar surface area (TPSA) is 41.4 Å². The lowest BCUT2D eigenvalue weighted by molar-refractivity contribution is 0.0624. The van der Waals surface area contributed by atoms with Gasteiger partial charge in [-0.1, -0.05) is 23.7 Å². The van der Waals surface area contributed by atoms with Gasteiger partial charge in [0.15, 0.2) is 0 Å². The summed E-state index contributed by atoms with van der Waals surface area (Å²) in [6.45, 7) is 3.95. The van der Waals surface area contributed by atoms with Crippen LogP contribution in [0.3, 0.4) is 0 Å². The van der Waals surface area contributed by atoms with Crippen molar-refractivity contribution in [2.45, 2.75) is 6.54 Å². The zero-order valence-electron chi connectivity index (χ0n) is 14.7. The van der Waals surface area contributed by atoms with Crippen molar-refractivity contribution in [3.8, 4) is 0 Å². The smallest absolute Gasteiger partial charge is 0.253 e. The van der Waals surface area contributed by atoms with Crippen molar-refractivity contribution in [1.29, 1.82) is 0 Å². The van der Waals surface area contributed by atoms with E-state index in [0.29, 0.717) is 10.6 Å². The van der Waals surface area contributed by atoms with Crippen LogP contribution in [0.2, 0.25) is 5.02 Å². The first kappa shape index (κ1) is 17.1. The Morgan fingerprint density at radius 3 is 2.42 bits per heavy atom. The summed E-state index contributed by atoms with van der Waals surface area (Å²) >= 11 is 5.90. The highest BCUT2D eigenvalue weighted by molar-refractivity contribution is 6.30. The molecule has 3 aromatic rings. The molecule has 0 saturated carbocycles. The predicted molar refractivity (Wildman–Crippen MR) is 103 cm³/mol. The molecule has 1 amide bonds. The Morgan fingerprint density at radius 1 is 1.04 bits per heavy atom. The number of amides is 1. The summed E-state index contributed by atoms with van der Waals surface area (Å²) in [4.78, 5) is 21.6. The number of para-hydroxylation sites is 2. The number of fused-ring (bicyclic) bond motifs is 1. The molecule has 0 unspecified atom stereocenters. The van der Waals surface area contributed by atoms with Gasteiger partial charge in [-0.25, -0.2) is 4.98 Å². The van der Waals surface area contributed by atoms with Crippen LogP contribution in [-0.2, 0) is 13.6 Å². The molecule has 2 aromatic carbocycles. The van der Waals surface area contributed by atoms with E-state index in [4.69, 9.17) is 16.6 Å². The van der Waals surface area contributed by atoms with Crippen LogP contribution in [0.25, 0.3) is 11.0 Å². The number of benzene rings is 2. The summed E-state index contributed by atoms with van der Waals surface area (Å²) in [6, 6.07) is 15.3. The van der Waals surface area contributed by atoms with Crippen molar-refractivity contribution in [1.82, 2.24) is 19.4 Å². The maximum absolute atomic E-state index is 12.6. The van der Waals surface area contributed by atoms with E-state index in [1.165, 1.54) is 0 Å². The average molecular weight is 369 g/mol. The normalized spacial score (nSPS) is 15.5. The Kier molecular flexibility index (Phi) is 4.66. The van der Waals surface area contributed by atoms with Crippen molar-refractivity contribution < 1.29 is 4.79 Å². The highest BCUT2D eigenvalue weighted by atomic mass is 35.5. The minimum Gasteiger partial charge on any atom is -0.336 e. The summed E-state index contributed by atoms with van der Waals surface area (Å²) in [6.07, 6.45) is 0. The van der Waals surface area contributed by atoms with E-state index < -0.39 is 0 Å². The zero-order valence-corrected chi connectivity index (χ0v) is 15.5. The van der Waals surface area contributed by atoms with Crippen molar-refractivity contribution >= 4 is 28.5 Å². The van der Waals surface area contributed by atoms with Gasteiger partial charge in [0.2, 0.25) is 0 Å². The quantitative estimate of drug-likeness (QED) is 0.713. The van der Waals surface area contributed by atoms with Crippen molar-refractivity contribution in [2.24, 2.45) is 7.05 Å². The van der Waals surface area contributed by atoms with Gasteiger partial charge in [-0.05, 0) is 36.4 Å². The number of aromatic nitrogens is 2. The lowest BCUT2D eigenvalue weighted by Gasteiger charge is -2.34. The third-order valence-electron chi connectivity index (χ3n) is 5.00. The fraction of sp³-hybridized carbons (Fsp3) is 0.300. The van der Waals surface area contributed by atoms with Crippen molar-refractivity contribution in [3.63, 3.8) is 0 Å². The Labute approximate surface area is 157 Å². The zero-order chi connectivity index (χ0) is 18.1. The number of hydrogen-bond donors (Lipinski definition) is 0.